The second kappa shape index (κ2) is 7.93. The van der Waals surface area contributed by atoms with E-state index in [2.05, 4.69) is 62.4 Å². The molecular weight excluding hydrogens is 406 g/mol. The SMILES string of the molecule is CC(C)(C)C[Si](C)(C)Oc1cccc(-c2nc(-c3ccncc3)c3sccc3n2)c1. The Morgan fingerprint density at radius 3 is 2.47 bits per heavy atom. The molecule has 0 spiro atoms. The minimum absolute atomic E-state index is 0.250. The highest BCUT2D eigenvalue weighted by atomic mass is 32.1. The van der Waals surface area contributed by atoms with Crippen molar-refractivity contribution in [3.05, 3.63) is 60.2 Å². The Hall–Kier alpha value is -2.57. The van der Waals surface area contributed by atoms with Crippen LogP contribution in [-0.2, 0) is 0 Å². The first kappa shape index (κ1) is 20.7. The summed E-state index contributed by atoms with van der Waals surface area (Å²) in [6.07, 6.45) is 3.60. The van der Waals surface area contributed by atoms with Gasteiger partial charge < -0.3 is 4.43 Å². The fraction of sp³-hybridized carbons (Fsp3) is 0.292. The first-order valence-electron chi connectivity index (χ1n) is 10.2. The quantitative estimate of drug-likeness (QED) is 0.316. The summed E-state index contributed by atoms with van der Waals surface area (Å²) in [6, 6.07) is 15.3. The van der Waals surface area contributed by atoms with E-state index in [-0.39, 0.29) is 5.41 Å². The van der Waals surface area contributed by atoms with Crippen LogP contribution < -0.4 is 4.43 Å². The monoisotopic (exact) mass is 433 g/mol. The molecule has 4 aromatic rings. The topological polar surface area (TPSA) is 47.9 Å². The summed E-state index contributed by atoms with van der Waals surface area (Å²) in [6.45, 7) is 11.4. The molecule has 4 rings (SSSR count). The standard InChI is InChI=1S/C24H27N3OSSi/c1-24(2,3)16-30(4,5)28-19-8-6-7-18(15-19)23-26-20-11-14-29-22(20)21(27-23)17-9-12-25-13-10-17/h6-15H,16H2,1-5H3. The van der Waals surface area contributed by atoms with Gasteiger partial charge in [-0.3, -0.25) is 4.98 Å². The smallest absolute Gasteiger partial charge is 0.245 e. The predicted molar refractivity (Wildman–Crippen MR) is 128 cm³/mol. The summed E-state index contributed by atoms with van der Waals surface area (Å²) in [4.78, 5) is 13.9. The Morgan fingerprint density at radius 1 is 0.967 bits per heavy atom. The van der Waals surface area contributed by atoms with Crippen LogP contribution >= 0.6 is 11.3 Å². The van der Waals surface area contributed by atoms with Crippen molar-refractivity contribution in [2.75, 3.05) is 0 Å². The molecule has 4 nitrogen and oxygen atoms in total. The molecule has 3 aromatic heterocycles. The van der Waals surface area contributed by atoms with Crippen molar-refractivity contribution in [2.24, 2.45) is 5.41 Å². The molecule has 0 unspecified atom stereocenters. The molecule has 0 saturated carbocycles. The summed E-state index contributed by atoms with van der Waals surface area (Å²) in [5.41, 5.74) is 4.18. The summed E-state index contributed by atoms with van der Waals surface area (Å²) in [5.74, 6) is 1.61. The van der Waals surface area contributed by atoms with E-state index in [4.69, 9.17) is 14.4 Å². The first-order valence-corrected chi connectivity index (χ1v) is 14.1. The molecular formula is C24H27N3OSSi. The number of hydrogen-bond donors (Lipinski definition) is 0. The lowest BCUT2D eigenvalue weighted by Crippen LogP contribution is -2.38. The van der Waals surface area contributed by atoms with Crippen molar-refractivity contribution >= 4 is 29.9 Å². The molecule has 0 aliphatic rings. The van der Waals surface area contributed by atoms with Crippen LogP contribution in [0.4, 0.5) is 0 Å². The summed E-state index contributed by atoms with van der Waals surface area (Å²) in [5, 5.41) is 2.06. The fourth-order valence-corrected chi connectivity index (χ4v) is 8.26. The number of pyridine rings is 1. The maximum Gasteiger partial charge on any atom is 0.245 e. The maximum atomic E-state index is 6.50. The minimum atomic E-state index is -1.85. The molecule has 0 amide bonds. The van der Waals surface area contributed by atoms with Gasteiger partial charge >= 0.3 is 0 Å². The van der Waals surface area contributed by atoms with E-state index in [1.54, 1.807) is 23.7 Å². The van der Waals surface area contributed by atoms with Gasteiger partial charge in [0.1, 0.15) is 5.75 Å². The largest absolute Gasteiger partial charge is 0.544 e. The Kier molecular flexibility index (Phi) is 5.47. The molecule has 0 aliphatic heterocycles. The highest BCUT2D eigenvalue weighted by molar-refractivity contribution is 7.17. The molecule has 30 heavy (non-hydrogen) atoms. The average molecular weight is 434 g/mol. The number of hydrogen-bond acceptors (Lipinski definition) is 5. The van der Waals surface area contributed by atoms with Gasteiger partial charge in [0.2, 0.25) is 8.32 Å². The van der Waals surface area contributed by atoms with Crippen LogP contribution in [0.15, 0.2) is 60.2 Å². The average Bonchev–Trinajstić information content (AvgIpc) is 3.14. The van der Waals surface area contributed by atoms with Gasteiger partial charge in [0.15, 0.2) is 5.82 Å². The van der Waals surface area contributed by atoms with Gasteiger partial charge in [-0.1, -0.05) is 32.9 Å². The Labute approximate surface area is 183 Å². The fourth-order valence-electron chi connectivity index (χ4n) is 4.03. The third-order valence-electron chi connectivity index (χ3n) is 4.70. The van der Waals surface area contributed by atoms with Gasteiger partial charge in [-0.15, -0.1) is 11.3 Å². The zero-order chi connectivity index (χ0) is 21.4. The molecule has 3 heterocycles. The van der Waals surface area contributed by atoms with Gasteiger partial charge in [-0.25, -0.2) is 9.97 Å². The van der Waals surface area contributed by atoms with Crippen LogP contribution in [-0.4, -0.2) is 23.3 Å². The molecule has 0 atom stereocenters. The highest BCUT2D eigenvalue weighted by Crippen LogP contribution is 2.34. The van der Waals surface area contributed by atoms with Crippen molar-refractivity contribution in [3.8, 4) is 28.4 Å². The van der Waals surface area contributed by atoms with E-state index in [0.29, 0.717) is 5.82 Å². The van der Waals surface area contributed by atoms with Gasteiger partial charge in [-0.05, 0) is 60.3 Å². The zero-order valence-corrected chi connectivity index (χ0v) is 20.0. The normalized spacial score (nSPS) is 12.3. The van der Waals surface area contributed by atoms with Crippen molar-refractivity contribution < 1.29 is 4.43 Å². The summed E-state index contributed by atoms with van der Waals surface area (Å²) >= 11 is 1.66. The number of nitrogens with zero attached hydrogens (tertiary/aromatic N) is 3. The Morgan fingerprint density at radius 2 is 1.73 bits per heavy atom. The molecule has 6 heteroatoms. The predicted octanol–water partition coefficient (Wildman–Crippen LogP) is 7.05. The zero-order valence-electron chi connectivity index (χ0n) is 18.1. The second-order valence-corrected chi connectivity index (χ2v) is 14.4. The van der Waals surface area contributed by atoms with E-state index in [1.165, 1.54) is 0 Å². The van der Waals surface area contributed by atoms with Crippen molar-refractivity contribution in [1.82, 2.24) is 15.0 Å². The van der Waals surface area contributed by atoms with Gasteiger partial charge in [0.25, 0.3) is 0 Å². The number of benzene rings is 1. The third kappa shape index (κ3) is 4.76. The van der Waals surface area contributed by atoms with E-state index >= 15 is 0 Å². The van der Waals surface area contributed by atoms with Crippen LogP contribution in [0.2, 0.25) is 19.1 Å². The molecule has 0 N–H and O–H groups in total. The van der Waals surface area contributed by atoms with Gasteiger partial charge in [0.05, 0.1) is 15.9 Å². The van der Waals surface area contributed by atoms with Gasteiger partial charge in [-0.2, -0.15) is 0 Å². The van der Waals surface area contributed by atoms with E-state index in [0.717, 1.165) is 38.8 Å². The lowest BCUT2D eigenvalue weighted by atomic mass is 10.0. The number of aromatic nitrogens is 3. The molecule has 0 bridgehead atoms. The first-order chi connectivity index (χ1) is 14.2. The molecule has 0 fully saturated rings. The molecule has 154 valence electrons. The number of fused-ring (bicyclic) bond motifs is 1. The Balaban J connectivity index is 1.72. The Bertz CT molecular complexity index is 1170. The van der Waals surface area contributed by atoms with Crippen molar-refractivity contribution in [1.29, 1.82) is 0 Å². The second-order valence-electron chi connectivity index (χ2n) is 9.39. The van der Waals surface area contributed by atoms with Crippen molar-refractivity contribution in [3.63, 3.8) is 0 Å². The van der Waals surface area contributed by atoms with Crippen molar-refractivity contribution in [2.45, 2.75) is 39.9 Å². The minimum Gasteiger partial charge on any atom is -0.544 e. The summed E-state index contributed by atoms with van der Waals surface area (Å²) in [7, 11) is -1.85. The van der Waals surface area contributed by atoms with E-state index < -0.39 is 8.32 Å². The number of thiophene rings is 1. The van der Waals surface area contributed by atoms with Crippen LogP contribution in [0.3, 0.4) is 0 Å². The lowest BCUT2D eigenvalue weighted by Gasteiger charge is -2.31. The summed E-state index contributed by atoms with van der Waals surface area (Å²) < 4.78 is 7.60. The van der Waals surface area contributed by atoms with Crippen LogP contribution in [0.25, 0.3) is 32.9 Å². The van der Waals surface area contributed by atoms with E-state index in [9.17, 15) is 0 Å². The molecule has 0 saturated heterocycles. The van der Waals surface area contributed by atoms with Crippen LogP contribution in [0.5, 0.6) is 5.75 Å². The highest BCUT2D eigenvalue weighted by Gasteiger charge is 2.31. The lowest BCUT2D eigenvalue weighted by molar-refractivity contribution is 0.428. The molecule has 1 aromatic carbocycles. The third-order valence-corrected chi connectivity index (χ3v) is 8.31. The molecule has 0 radical (unpaired) electrons. The van der Waals surface area contributed by atoms with Gasteiger partial charge in [0, 0.05) is 23.5 Å². The maximum absolute atomic E-state index is 6.50. The number of rotatable bonds is 5. The van der Waals surface area contributed by atoms with Crippen LogP contribution in [0, 0.1) is 5.41 Å². The van der Waals surface area contributed by atoms with E-state index in [1.807, 2.05) is 24.3 Å². The molecule has 0 aliphatic carbocycles. The van der Waals surface area contributed by atoms with Crippen LogP contribution in [0.1, 0.15) is 20.8 Å².